The van der Waals surface area contributed by atoms with Crippen LogP contribution in [-0.2, 0) is 27.3 Å². The second-order valence-electron chi connectivity index (χ2n) is 8.56. The molecule has 0 radical (unpaired) electrons. The van der Waals surface area contributed by atoms with E-state index < -0.39 is 28.6 Å². The number of Topliss-reactive ketones (excluding diaryl/α,β-unsaturated/α-hetero) is 1. The van der Waals surface area contributed by atoms with E-state index in [0.29, 0.717) is 28.5 Å². The molecule has 0 spiro atoms. The normalized spacial score (nSPS) is 11.3. The fourth-order valence-corrected chi connectivity index (χ4v) is 4.19. The van der Waals surface area contributed by atoms with E-state index in [1.165, 1.54) is 38.5 Å². The zero-order chi connectivity index (χ0) is 28.5. The number of para-hydroxylation sites is 1. The van der Waals surface area contributed by atoms with Crippen molar-refractivity contribution in [3.63, 3.8) is 0 Å². The smallest absolute Gasteiger partial charge is 0.290 e. The first-order valence-corrected chi connectivity index (χ1v) is 12.3. The van der Waals surface area contributed by atoms with Gasteiger partial charge in [0.05, 0.1) is 24.7 Å². The first-order valence-electron chi connectivity index (χ1n) is 11.9. The Morgan fingerprint density at radius 2 is 1.62 bits per heavy atom. The topological polar surface area (TPSA) is 128 Å². The summed E-state index contributed by atoms with van der Waals surface area (Å²) in [6.07, 6.45) is 0.396. The number of halogens is 1. The van der Waals surface area contributed by atoms with Gasteiger partial charge in [-0.05, 0) is 47.9 Å². The Morgan fingerprint density at radius 3 is 2.23 bits per heavy atom. The monoisotopic (exact) mass is 553 g/mol. The third-order valence-electron chi connectivity index (χ3n) is 5.98. The number of ketones is 1. The largest absolute Gasteiger partial charge is 0.493 e. The van der Waals surface area contributed by atoms with E-state index in [1.54, 1.807) is 36.4 Å². The molecule has 3 rings (SSSR count). The van der Waals surface area contributed by atoms with Crippen LogP contribution in [0.1, 0.15) is 29.7 Å². The molecule has 0 aliphatic heterocycles. The number of nitro groups is 1. The van der Waals surface area contributed by atoms with Gasteiger partial charge in [-0.25, -0.2) is 0 Å². The second kappa shape index (κ2) is 13.4. The van der Waals surface area contributed by atoms with Gasteiger partial charge < -0.3 is 19.7 Å². The SMILES string of the molecule is COc1ccc(CCNC(=O)C(c2ccccc2[N+](=O)[O-])N(Cc2ccc(Cl)cc2)C(=O)C(C)=O)cc1OC. The Hall–Kier alpha value is -4.44. The van der Waals surface area contributed by atoms with Gasteiger partial charge in [-0.2, -0.15) is 0 Å². The summed E-state index contributed by atoms with van der Waals surface area (Å²) in [7, 11) is 3.04. The Labute approximate surface area is 230 Å². The average molecular weight is 554 g/mol. The van der Waals surface area contributed by atoms with E-state index >= 15 is 0 Å². The number of carbonyl (C=O) groups is 3. The number of hydrogen-bond acceptors (Lipinski definition) is 7. The molecular weight excluding hydrogens is 526 g/mol. The maximum atomic E-state index is 13.6. The first kappa shape index (κ1) is 29.1. The molecule has 0 heterocycles. The highest BCUT2D eigenvalue weighted by Gasteiger charge is 2.37. The standard InChI is InChI=1S/C28H28ClN3O7/c1-18(33)28(35)31(17-20-8-11-21(29)12-9-20)26(22-6-4-5-7-23(22)32(36)37)27(34)30-15-14-19-10-13-24(38-2)25(16-19)39-3/h4-13,16,26H,14-15,17H2,1-3H3,(H,30,34). The number of nitro benzene ring substituents is 1. The van der Waals surface area contributed by atoms with Crippen LogP contribution >= 0.6 is 11.6 Å². The van der Waals surface area contributed by atoms with Crippen LogP contribution in [0.4, 0.5) is 5.69 Å². The lowest BCUT2D eigenvalue weighted by molar-refractivity contribution is -0.385. The van der Waals surface area contributed by atoms with Crippen LogP contribution in [-0.4, -0.2) is 48.2 Å². The molecule has 3 aromatic rings. The van der Waals surface area contributed by atoms with Crippen molar-refractivity contribution in [1.29, 1.82) is 0 Å². The summed E-state index contributed by atoms with van der Waals surface area (Å²) in [5.41, 5.74) is 1.05. The van der Waals surface area contributed by atoms with Gasteiger partial charge in [0.1, 0.15) is 6.04 Å². The van der Waals surface area contributed by atoms with Crippen molar-refractivity contribution in [2.75, 3.05) is 20.8 Å². The molecule has 204 valence electrons. The first-order chi connectivity index (χ1) is 18.7. The molecule has 10 nitrogen and oxygen atoms in total. The summed E-state index contributed by atoms with van der Waals surface area (Å²) in [6.45, 7) is 1.08. The molecule has 1 N–H and O–H groups in total. The molecule has 0 fully saturated rings. The number of amides is 2. The molecule has 0 saturated carbocycles. The summed E-state index contributed by atoms with van der Waals surface area (Å²) in [5.74, 6) is -1.36. The number of nitrogens with one attached hydrogen (secondary N) is 1. The van der Waals surface area contributed by atoms with Gasteiger partial charge >= 0.3 is 0 Å². The van der Waals surface area contributed by atoms with E-state index in [2.05, 4.69) is 5.32 Å². The predicted octanol–water partition coefficient (Wildman–Crippen LogP) is 4.28. The average Bonchev–Trinajstić information content (AvgIpc) is 2.93. The number of ether oxygens (including phenoxy) is 2. The molecule has 0 aliphatic rings. The van der Waals surface area contributed by atoms with Crippen LogP contribution in [0.15, 0.2) is 66.7 Å². The third kappa shape index (κ3) is 7.32. The van der Waals surface area contributed by atoms with E-state index in [0.717, 1.165) is 17.4 Å². The Bertz CT molecular complexity index is 1360. The summed E-state index contributed by atoms with van der Waals surface area (Å²) in [6, 6.07) is 16.0. The maximum Gasteiger partial charge on any atom is 0.290 e. The summed E-state index contributed by atoms with van der Waals surface area (Å²) in [5, 5.41) is 15.1. The molecule has 1 atom stereocenters. The number of nitrogens with zero attached hydrogens (tertiary/aromatic N) is 2. The quantitative estimate of drug-likeness (QED) is 0.201. The van der Waals surface area contributed by atoms with Crippen LogP contribution in [0.5, 0.6) is 11.5 Å². The summed E-state index contributed by atoms with van der Waals surface area (Å²) in [4.78, 5) is 51.2. The van der Waals surface area contributed by atoms with Crippen LogP contribution < -0.4 is 14.8 Å². The van der Waals surface area contributed by atoms with Crippen molar-refractivity contribution in [3.05, 3.63) is 98.6 Å². The second-order valence-corrected chi connectivity index (χ2v) is 9.00. The van der Waals surface area contributed by atoms with Crippen LogP contribution in [0.25, 0.3) is 0 Å². The molecule has 11 heteroatoms. The van der Waals surface area contributed by atoms with Crippen molar-refractivity contribution in [3.8, 4) is 11.5 Å². The maximum absolute atomic E-state index is 13.6. The molecule has 0 bridgehead atoms. The van der Waals surface area contributed by atoms with Crippen LogP contribution in [0.3, 0.4) is 0 Å². The molecule has 2 amide bonds. The van der Waals surface area contributed by atoms with Gasteiger partial charge in [0, 0.05) is 31.1 Å². The number of methoxy groups -OCH3 is 2. The van der Waals surface area contributed by atoms with E-state index in [1.807, 2.05) is 6.07 Å². The van der Waals surface area contributed by atoms with Crippen molar-refractivity contribution in [2.24, 2.45) is 0 Å². The lowest BCUT2D eigenvalue weighted by Gasteiger charge is -2.30. The zero-order valence-corrected chi connectivity index (χ0v) is 22.4. The summed E-state index contributed by atoms with van der Waals surface area (Å²) >= 11 is 5.98. The van der Waals surface area contributed by atoms with Crippen LogP contribution in [0.2, 0.25) is 5.02 Å². The lowest BCUT2D eigenvalue weighted by Crippen LogP contribution is -2.46. The molecular formula is C28H28ClN3O7. The number of hydrogen-bond donors (Lipinski definition) is 1. The molecule has 39 heavy (non-hydrogen) atoms. The van der Waals surface area contributed by atoms with Gasteiger partial charge in [-0.3, -0.25) is 24.5 Å². The van der Waals surface area contributed by atoms with Crippen LogP contribution in [0, 0.1) is 10.1 Å². The van der Waals surface area contributed by atoms with Gasteiger partial charge in [0.25, 0.3) is 11.6 Å². The van der Waals surface area contributed by atoms with Crippen molar-refractivity contribution in [1.82, 2.24) is 10.2 Å². The Morgan fingerprint density at radius 1 is 0.974 bits per heavy atom. The van der Waals surface area contributed by atoms with Crippen molar-refractivity contribution < 1.29 is 28.8 Å². The predicted molar refractivity (Wildman–Crippen MR) is 145 cm³/mol. The minimum atomic E-state index is -1.45. The van der Waals surface area contributed by atoms with E-state index in [4.69, 9.17) is 21.1 Å². The minimum Gasteiger partial charge on any atom is -0.493 e. The van der Waals surface area contributed by atoms with Gasteiger partial charge in [0.2, 0.25) is 11.7 Å². The van der Waals surface area contributed by atoms with Crippen molar-refractivity contribution in [2.45, 2.75) is 25.9 Å². The fourth-order valence-electron chi connectivity index (χ4n) is 4.07. The van der Waals surface area contributed by atoms with Crippen molar-refractivity contribution >= 4 is 34.9 Å². The molecule has 0 aromatic heterocycles. The van der Waals surface area contributed by atoms with E-state index in [-0.39, 0.29) is 24.3 Å². The Kier molecular flexibility index (Phi) is 9.99. The molecule has 1 unspecified atom stereocenters. The number of benzene rings is 3. The van der Waals surface area contributed by atoms with Gasteiger partial charge in [-0.1, -0.05) is 41.9 Å². The fraction of sp³-hybridized carbons (Fsp3) is 0.250. The highest BCUT2D eigenvalue weighted by atomic mass is 35.5. The lowest BCUT2D eigenvalue weighted by atomic mass is 10.00. The summed E-state index contributed by atoms with van der Waals surface area (Å²) < 4.78 is 10.6. The minimum absolute atomic E-state index is 0.0188. The van der Waals surface area contributed by atoms with E-state index in [9.17, 15) is 24.5 Å². The Balaban J connectivity index is 1.96. The highest BCUT2D eigenvalue weighted by Crippen LogP contribution is 2.32. The molecule has 0 aliphatic carbocycles. The number of rotatable bonds is 12. The zero-order valence-electron chi connectivity index (χ0n) is 21.7. The van der Waals surface area contributed by atoms with Gasteiger partial charge in [0.15, 0.2) is 11.5 Å². The molecule has 3 aromatic carbocycles. The molecule has 0 saturated heterocycles. The third-order valence-corrected chi connectivity index (χ3v) is 6.23. The highest BCUT2D eigenvalue weighted by molar-refractivity contribution is 6.35. The van der Waals surface area contributed by atoms with Gasteiger partial charge in [-0.15, -0.1) is 0 Å². The number of carbonyl (C=O) groups excluding carboxylic acids is 3.